The number of halogens is 3. The zero-order valence-electron chi connectivity index (χ0n) is 17.8. The molecular formula is C20H26BrF2N5O3S. The Morgan fingerprint density at radius 1 is 1.19 bits per heavy atom. The van der Waals surface area contributed by atoms with Crippen LogP contribution in [-0.2, 0) is 6.61 Å². The highest BCUT2D eigenvalue weighted by Crippen LogP contribution is 2.31. The molecule has 12 heteroatoms. The van der Waals surface area contributed by atoms with Crippen molar-refractivity contribution in [2.45, 2.75) is 45.8 Å². The summed E-state index contributed by atoms with van der Waals surface area (Å²) in [6.45, 7) is 5.04. The number of unbranched alkanes of at least 4 members (excludes halogenated alkanes) is 2. The number of urea groups is 1. The summed E-state index contributed by atoms with van der Waals surface area (Å²) in [4.78, 5) is 24.0. The summed E-state index contributed by atoms with van der Waals surface area (Å²) in [5.41, 5.74) is 4.90. The summed E-state index contributed by atoms with van der Waals surface area (Å²) in [6.07, 6.45) is 2.76. The summed E-state index contributed by atoms with van der Waals surface area (Å²) in [5.74, 6) is -2.73. The molecule has 0 bridgehead atoms. The SMILES string of the molecule is CC(C)NCCCCCNC(=O)Nc1snc(OCc2c(F)cc(Br)cc2F)c1C(N)=O. The molecule has 0 radical (unpaired) electrons. The van der Waals surface area contributed by atoms with Gasteiger partial charge in [-0.2, -0.15) is 4.37 Å². The summed E-state index contributed by atoms with van der Waals surface area (Å²) >= 11 is 3.78. The van der Waals surface area contributed by atoms with Gasteiger partial charge in [-0.15, -0.1) is 0 Å². The number of anilines is 1. The minimum Gasteiger partial charge on any atom is -0.471 e. The van der Waals surface area contributed by atoms with E-state index in [1.165, 1.54) is 0 Å². The van der Waals surface area contributed by atoms with E-state index >= 15 is 0 Å². The number of hydrogen-bond donors (Lipinski definition) is 4. The summed E-state index contributed by atoms with van der Waals surface area (Å²) < 4.78 is 37.5. The minimum absolute atomic E-state index is 0.0860. The van der Waals surface area contributed by atoms with Gasteiger partial charge in [0.2, 0.25) is 5.88 Å². The number of primary amides is 1. The second-order valence-electron chi connectivity index (χ2n) is 7.24. The van der Waals surface area contributed by atoms with E-state index in [1.807, 2.05) is 0 Å². The maximum absolute atomic E-state index is 14.0. The summed E-state index contributed by atoms with van der Waals surface area (Å²) in [7, 11) is 0. The van der Waals surface area contributed by atoms with Gasteiger partial charge in [0.05, 0.1) is 5.56 Å². The summed E-state index contributed by atoms with van der Waals surface area (Å²) in [5, 5.41) is 8.62. The molecule has 0 saturated carbocycles. The number of nitrogens with two attached hydrogens (primary N) is 1. The largest absolute Gasteiger partial charge is 0.471 e. The number of carbonyl (C=O) groups is 2. The third-order valence-electron chi connectivity index (χ3n) is 4.28. The van der Waals surface area contributed by atoms with Crippen LogP contribution in [0.1, 0.15) is 49.0 Å². The number of ether oxygens (including phenoxy) is 1. The van der Waals surface area contributed by atoms with Crippen LogP contribution in [0.2, 0.25) is 0 Å². The van der Waals surface area contributed by atoms with Crippen LogP contribution in [0.3, 0.4) is 0 Å². The monoisotopic (exact) mass is 533 g/mol. The second kappa shape index (κ2) is 12.7. The maximum atomic E-state index is 14.0. The quantitative estimate of drug-likeness (QED) is 0.305. The number of hydrogen-bond acceptors (Lipinski definition) is 6. The highest BCUT2D eigenvalue weighted by molar-refractivity contribution is 9.10. The predicted octanol–water partition coefficient (Wildman–Crippen LogP) is 4.15. The number of nitrogens with zero attached hydrogens (tertiary/aromatic N) is 1. The lowest BCUT2D eigenvalue weighted by Gasteiger charge is -2.09. The van der Waals surface area contributed by atoms with Crippen LogP contribution in [0.25, 0.3) is 0 Å². The minimum atomic E-state index is -0.890. The van der Waals surface area contributed by atoms with Crippen LogP contribution in [0, 0.1) is 11.6 Å². The van der Waals surface area contributed by atoms with Crippen molar-refractivity contribution < 1.29 is 23.1 Å². The molecule has 0 unspecified atom stereocenters. The molecule has 0 saturated heterocycles. The van der Waals surface area contributed by atoms with Gasteiger partial charge in [0.15, 0.2) is 0 Å². The first-order valence-corrected chi connectivity index (χ1v) is 11.6. The van der Waals surface area contributed by atoms with Crippen molar-refractivity contribution in [3.05, 3.63) is 39.4 Å². The van der Waals surface area contributed by atoms with Gasteiger partial charge in [0, 0.05) is 17.1 Å². The maximum Gasteiger partial charge on any atom is 0.319 e. The number of carbonyl (C=O) groups excluding carboxylic acids is 2. The van der Waals surface area contributed by atoms with Crippen molar-refractivity contribution in [1.29, 1.82) is 0 Å². The first-order chi connectivity index (χ1) is 15.2. The average molecular weight is 534 g/mol. The Balaban J connectivity index is 1.90. The molecule has 1 aromatic carbocycles. The van der Waals surface area contributed by atoms with Crippen molar-refractivity contribution in [3.63, 3.8) is 0 Å². The van der Waals surface area contributed by atoms with Crippen molar-refractivity contribution in [3.8, 4) is 5.88 Å². The van der Waals surface area contributed by atoms with Crippen molar-refractivity contribution in [1.82, 2.24) is 15.0 Å². The van der Waals surface area contributed by atoms with Crippen molar-refractivity contribution in [2.24, 2.45) is 5.73 Å². The van der Waals surface area contributed by atoms with Crippen molar-refractivity contribution >= 4 is 44.4 Å². The van der Waals surface area contributed by atoms with E-state index in [0.717, 1.165) is 49.5 Å². The van der Waals surface area contributed by atoms with Gasteiger partial charge in [-0.1, -0.05) is 36.2 Å². The molecule has 0 aliphatic heterocycles. The first kappa shape index (κ1) is 25.9. The third kappa shape index (κ3) is 7.99. The zero-order chi connectivity index (χ0) is 23.7. The van der Waals surface area contributed by atoms with Gasteiger partial charge < -0.3 is 21.1 Å². The number of amides is 3. The van der Waals surface area contributed by atoms with Crippen LogP contribution >= 0.6 is 27.5 Å². The van der Waals surface area contributed by atoms with Gasteiger partial charge in [0.25, 0.3) is 5.91 Å². The number of benzene rings is 1. The zero-order valence-corrected chi connectivity index (χ0v) is 20.2. The lowest BCUT2D eigenvalue weighted by atomic mass is 10.2. The number of aromatic nitrogens is 1. The molecule has 1 heterocycles. The third-order valence-corrected chi connectivity index (χ3v) is 5.49. The van der Waals surface area contributed by atoms with Crippen LogP contribution in [-0.4, -0.2) is 35.4 Å². The normalized spacial score (nSPS) is 10.9. The molecule has 8 nitrogen and oxygen atoms in total. The molecule has 0 atom stereocenters. The molecule has 0 aliphatic carbocycles. The van der Waals surface area contributed by atoms with Gasteiger partial charge in [-0.25, -0.2) is 13.6 Å². The van der Waals surface area contributed by atoms with Gasteiger partial charge in [-0.05, 0) is 43.1 Å². The predicted molar refractivity (Wildman–Crippen MR) is 123 cm³/mol. The molecule has 1 aromatic heterocycles. The highest BCUT2D eigenvalue weighted by Gasteiger charge is 2.23. The summed E-state index contributed by atoms with van der Waals surface area (Å²) in [6, 6.07) is 2.11. The van der Waals surface area contributed by atoms with Crippen LogP contribution in [0.15, 0.2) is 16.6 Å². The number of rotatable bonds is 12. The topological polar surface area (TPSA) is 118 Å². The lowest BCUT2D eigenvalue weighted by molar-refractivity contribution is 0.0996. The van der Waals surface area contributed by atoms with E-state index in [1.54, 1.807) is 0 Å². The van der Waals surface area contributed by atoms with E-state index in [0.29, 0.717) is 12.6 Å². The molecular weight excluding hydrogens is 508 g/mol. The van der Waals surface area contributed by atoms with Gasteiger partial charge in [0.1, 0.15) is 28.8 Å². The lowest BCUT2D eigenvalue weighted by Crippen LogP contribution is -2.30. The standard InChI is InChI=1S/C20H26BrF2N5O3S/c1-11(2)25-6-4-3-5-7-26-20(30)27-19-16(17(24)29)18(28-32-19)31-10-13-14(22)8-12(21)9-15(13)23/h8-9,11,25H,3-7,10H2,1-2H3,(H2,24,29)(H2,26,27,30). The Morgan fingerprint density at radius 2 is 1.84 bits per heavy atom. The molecule has 176 valence electrons. The molecule has 0 spiro atoms. The molecule has 32 heavy (non-hydrogen) atoms. The van der Waals surface area contributed by atoms with Crippen LogP contribution in [0.5, 0.6) is 5.88 Å². The highest BCUT2D eigenvalue weighted by atomic mass is 79.9. The molecule has 0 fully saturated rings. The van der Waals surface area contributed by atoms with E-state index < -0.39 is 30.2 Å². The van der Waals surface area contributed by atoms with Crippen molar-refractivity contribution in [2.75, 3.05) is 18.4 Å². The number of nitrogens with one attached hydrogen (secondary N) is 3. The Hall–Kier alpha value is -2.31. The Bertz CT molecular complexity index is 919. The van der Waals surface area contributed by atoms with E-state index in [9.17, 15) is 18.4 Å². The van der Waals surface area contributed by atoms with Gasteiger partial charge in [-0.3, -0.25) is 10.1 Å². The average Bonchev–Trinajstić information content (AvgIpc) is 3.08. The molecule has 2 aromatic rings. The Morgan fingerprint density at radius 3 is 2.47 bits per heavy atom. The molecule has 0 aliphatic rings. The van der Waals surface area contributed by atoms with E-state index in [2.05, 4.69) is 50.1 Å². The molecule has 3 amide bonds. The fraction of sp³-hybridized carbons (Fsp3) is 0.450. The van der Waals surface area contributed by atoms with E-state index in [4.69, 9.17) is 10.5 Å². The fourth-order valence-electron chi connectivity index (χ4n) is 2.69. The van der Waals surface area contributed by atoms with Gasteiger partial charge >= 0.3 is 6.03 Å². The smallest absolute Gasteiger partial charge is 0.319 e. The first-order valence-electron chi connectivity index (χ1n) is 10.0. The molecule has 5 N–H and O–H groups in total. The Labute approximate surface area is 197 Å². The fourth-order valence-corrected chi connectivity index (χ4v) is 3.83. The Kier molecular flexibility index (Phi) is 10.3. The second-order valence-corrected chi connectivity index (χ2v) is 8.93. The van der Waals surface area contributed by atoms with Crippen LogP contribution in [0.4, 0.5) is 18.6 Å². The van der Waals surface area contributed by atoms with E-state index in [-0.39, 0.29) is 26.5 Å². The van der Waals surface area contributed by atoms with Crippen LogP contribution < -0.4 is 26.4 Å². The molecule has 2 rings (SSSR count).